The lowest BCUT2D eigenvalue weighted by atomic mass is 10.1. The number of aliphatic hydroxyl groups excluding tert-OH is 1. The molecule has 1 heterocycles. The summed E-state index contributed by atoms with van der Waals surface area (Å²) < 4.78 is 0. The van der Waals surface area contributed by atoms with Gasteiger partial charge in [0.1, 0.15) is 0 Å². The van der Waals surface area contributed by atoms with E-state index >= 15 is 0 Å². The molecule has 23 heavy (non-hydrogen) atoms. The van der Waals surface area contributed by atoms with Crippen molar-refractivity contribution in [3.05, 3.63) is 77.5 Å². The number of nitrogens with one attached hydrogen (secondary N) is 2. The molecule has 0 bridgehead atoms. The van der Waals surface area contributed by atoms with Crippen LogP contribution in [0.25, 0.3) is 11.3 Å². The third-order valence-electron chi connectivity index (χ3n) is 3.81. The van der Waals surface area contributed by atoms with Gasteiger partial charge in [0, 0.05) is 17.8 Å². The zero-order valence-corrected chi connectivity index (χ0v) is 13.0. The van der Waals surface area contributed by atoms with Gasteiger partial charge in [0.05, 0.1) is 12.3 Å². The van der Waals surface area contributed by atoms with Crippen molar-refractivity contribution in [2.45, 2.75) is 19.6 Å². The minimum atomic E-state index is 0.0993. The second kappa shape index (κ2) is 7.72. The highest BCUT2D eigenvalue weighted by Crippen LogP contribution is 2.16. The molecule has 0 aliphatic carbocycles. The Morgan fingerprint density at radius 1 is 0.957 bits per heavy atom. The summed E-state index contributed by atoms with van der Waals surface area (Å²) in [5.41, 5.74) is 5.40. The maximum Gasteiger partial charge on any atom is 0.0924 e. The Morgan fingerprint density at radius 2 is 1.70 bits per heavy atom. The average Bonchev–Trinajstić information content (AvgIpc) is 3.09. The minimum absolute atomic E-state index is 0.0993. The monoisotopic (exact) mass is 307 g/mol. The van der Waals surface area contributed by atoms with Crippen molar-refractivity contribution in [2.24, 2.45) is 0 Å². The number of hydrogen-bond donors (Lipinski definition) is 3. The first-order chi connectivity index (χ1) is 11.3. The van der Waals surface area contributed by atoms with Gasteiger partial charge in [-0.25, -0.2) is 0 Å². The molecule has 0 unspecified atom stereocenters. The van der Waals surface area contributed by atoms with Gasteiger partial charge in [0.2, 0.25) is 0 Å². The van der Waals surface area contributed by atoms with Crippen molar-refractivity contribution < 1.29 is 5.11 Å². The summed E-state index contributed by atoms with van der Waals surface area (Å²) in [7, 11) is 0. The van der Waals surface area contributed by atoms with Crippen molar-refractivity contribution in [1.82, 2.24) is 15.5 Å². The number of aliphatic hydroxyl groups is 1. The van der Waals surface area contributed by atoms with Crippen LogP contribution >= 0.6 is 0 Å². The number of H-pyrrole nitrogens is 1. The fraction of sp³-hybridized carbons (Fsp3) is 0.211. The van der Waals surface area contributed by atoms with E-state index in [0.29, 0.717) is 0 Å². The fourth-order valence-corrected chi connectivity index (χ4v) is 2.48. The van der Waals surface area contributed by atoms with Crippen LogP contribution in [0.5, 0.6) is 0 Å². The summed E-state index contributed by atoms with van der Waals surface area (Å²) in [6.45, 7) is 1.77. The van der Waals surface area contributed by atoms with Gasteiger partial charge in [-0.2, -0.15) is 5.10 Å². The first-order valence-corrected chi connectivity index (χ1v) is 7.84. The largest absolute Gasteiger partial charge is 0.392 e. The molecule has 3 aromatic rings. The maximum atomic E-state index is 9.03. The van der Waals surface area contributed by atoms with Gasteiger partial charge in [0.25, 0.3) is 0 Å². The normalized spacial score (nSPS) is 10.8. The van der Waals surface area contributed by atoms with E-state index in [4.69, 9.17) is 5.11 Å². The lowest BCUT2D eigenvalue weighted by Gasteiger charge is -2.04. The molecule has 0 amide bonds. The van der Waals surface area contributed by atoms with Gasteiger partial charge in [0.15, 0.2) is 0 Å². The number of benzene rings is 2. The summed E-state index contributed by atoms with van der Waals surface area (Å²) >= 11 is 0. The Hall–Kier alpha value is -2.43. The lowest BCUT2D eigenvalue weighted by Crippen LogP contribution is -2.16. The molecule has 0 aliphatic rings. The smallest absolute Gasteiger partial charge is 0.0924 e. The van der Waals surface area contributed by atoms with E-state index in [1.807, 2.05) is 30.3 Å². The third kappa shape index (κ3) is 4.28. The van der Waals surface area contributed by atoms with E-state index in [-0.39, 0.29) is 6.61 Å². The predicted molar refractivity (Wildman–Crippen MR) is 91.8 cm³/mol. The highest BCUT2D eigenvalue weighted by Gasteiger charge is 2.03. The molecular weight excluding hydrogens is 286 g/mol. The van der Waals surface area contributed by atoms with Crippen molar-refractivity contribution in [3.8, 4) is 11.3 Å². The number of aromatic amines is 1. The standard InChI is InChI=1S/C19H21N3O/c23-14-16-8-6-15(7-9-16)10-11-20-13-18-12-19(22-21-18)17-4-2-1-3-5-17/h1-9,12,20,23H,10-11,13-14H2,(H,21,22). The Morgan fingerprint density at radius 3 is 2.43 bits per heavy atom. The van der Waals surface area contributed by atoms with Crippen molar-refractivity contribution >= 4 is 0 Å². The van der Waals surface area contributed by atoms with Gasteiger partial charge < -0.3 is 10.4 Å². The molecule has 118 valence electrons. The Labute approximate surface area is 136 Å². The first-order valence-electron chi connectivity index (χ1n) is 7.84. The molecule has 1 aromatic heterocycles. The molecule has 3 N–H and O–H groups in total. The minimum Gasteiger partial charge on any atom is -0.392 e. The van der Waals surface area contributed by atoms with Crippen LogP contribution in [0.3, 0.4) is 0 Å². The first kappa shape index (κ1) is 15.5. The average molecular weight is 307 g/mol. The molecule has 4 nitrogen and oxygen atoms in total. The molecule has 0 fully saturated rings. The zero-order chi connectivity index (χ0) is 15.9. The fourth-order valence-electron chi connectivity index (χ4n) is 2.48. The Kier molecular flexibility index (Phi) is 5.19. The molecule has 0 atom stereocenters. The third-order valence-corrected chi connectivity index (χ3v) is 3.81. The quantitative estimate of drug-likeness (QED) is 0.588. The van der Waals surface area contributed by atoms with E-state index in [9.17, 15) is 0 Å². The van der Waals surface area contributed by atoms with Crippen molar-refractivity contribution in [3.63, 3.8) is 0 Å². The zero-order valence-electron chi connectivity index (χ0n) is 13.0. The van der Waals surface area contributed by atoms with Crippen LogP contribution in [0.1, 0.15) is 16.8 Å². The molecule has 0 radical (unpaired) electrons. The summed E-state index contributed by atoms with van der Waals surface area (Å²) in [6, 6.07) is 20.3. The molecule has 0 saturated heterocycles. The predicted octanol–water partition coefficient (Wildman–Crippen LogP) is 2.90. The highest BCUT2D eigenvalue weighted by atomic mass is 16.3. The summed E-state index contributed by atoms with van der Waals surface area (Å²) in [6.07, 6.45) is 0.964. The van der Waals surface area contributed by atoms with Crippen LogP contribution in [-0.4, -0.2) is 21.8 Å². The topological polar surface area (TPSA) is 60.9 Å². The second-order valence-electron chi connectivity index (χ2n) is 5.55. The second-order valence-corrected chi connectivity index (χ2v) is 5.55. The molecule has 0 aliphatic heterocycles. The van der Waals surface area contributed by atoms with Gasteiger partial charge in [-0.05, 0) is 30.2 Å². The van der Waals surface area contributed by atoms with Gasteiger partial charge in [-0.3, -0.25) is 5.10 Å². The van der Waals surface area contributed by atoms with Crippen LogP contribution in [-0.2, 0) is 19.6 Å². The SMILES string of the molecule is OCc1ccc(CCNCc2cc(-c3ccccc3)n[nH]2)cc1. The maximum absolute atomic E-state index is 9.03. The number of aromatic nitrogens is 2. The van der Waals surface area contributed by atoms with Crippen LogP contribution < -0.4 is 5.32 Å². The number of nitrogens with zero attached hydrogens (tertiary/aromatic N) is 1. The molecule has 2 aromatic carbocycles. The van der Waals surface area contributed by atoms with Crippen LogP contribution in [0.4, 0.5) is 0 Å². The highest BCUT2D eigenvalue weighted by molar-refractivity contribution is 5.58. The summed E-state index contributed by atoms with van der Waals surface area (Å²) in [5, 5.41) is 19.9. The molecule has 0 saturated carbocycles. The van der Waals surface area contributed by atoms with Crippen LogP contribution in [0, 0.1) is 0 Å². The van der Waals surface area contributed by atoms with E-state index in [0.717, 1.165) is 42.0 Å². The van der Waals surface area contributed by atoms with Crippen molar-refractivity contribution in [2.75, 3.05) is 6.54 Å². The number of hydrogen-bond acceptors (Lipinski definition) is 3. The Bertz CT molecular complexity index is 720. The summed E-state index contributed by atoms with van der Waals surface area (Å²) in [4.78, 5) is 0. The van der Waals surface area contributed by atoms with E-state index < -0.39 is 0 Å². The summed E-state index contributed by atoms with van der Waals surface area (Å²) in [5.74, 6) is 0. The molecule has 4 heteroatoms. The van der Waals surface area contributed by atoms with Crippen molar-refractivity contribution in [1.29, 1.82) is 0 Å². The molecule has 0 spiro atoms. The van der Waals surface area contributed by atoms with Crippen LogP contribution in [0.15, 0.2) is 60.7 Å². The van der Waals surface area contributed by atoms with E-state index in [1.165, 1.54) is 5.56 Å². The van der Waals surface area contributed by atoms with Gasteiger partial charge in [-0.1, -0.05) is 54.6 Å². The molecular formula is C19H21N3O. The van der Waals surface area contributed by atoms with Gasteiger partial charge in [-0.15, -0.1) is 0 Å². The molecule has 3 rings (SSSR count). The lowest BCUT2D eigenvalue weighted by molar-refractivity contribution is 0.282. The van der Waals surface area contributed by atoms with E-state index in [1.54, 1.807) is 0 Å². The van der Waals surface area contributed by atoms with Gasteiger partial charge >= 0.3 is 0 Å². The van der Waals surface area contributed by atoms with Crippen LogP contribution in [0.2, 0.25) is 0 Å². The number of rotatable bonds is 7. The van der Waals surface area contributed by atoms with E-state index in [2.05, 4.69) is 45.8 Å². The Balaban J connectivity index is 1.46.